The van der Waals surface area contributed by atoms with Crippen LogP contribution in [0.2, 0.25) is 0 Å². The highest BCUT2D eigenvalue weighted by molar-refractivity contribution is 7.10. The molecule has 0 bridgehead atoms. The molecule has 0 aliphatic carbocycles. The van der Waals surface area contributed by atoms with Crippen LogP contribution in [0.3, 0.4) is 0 Å². The zero-order valence-electron chi connectivity index (χ0n) is 12.9. The van der Waals surface area contributed by atoms with Crippen molar-refractivity contribution < 1.29 is 4.79 Å². The van der Waals surface area contributed by atoms with E-state index in [-0.39, 0.29) is 24.1 Å². The molecule has 4 nitrogen and oxygen atoms in total. The van der Waals surface area contributed by atoms with Crippen LogP contribution in [0.4, 0.5) is 0 Å². The molecule has 3 rings (SSSR count). The lowest BCUT2D eigenvalue weighted by atomic mass is 9.98. The Morgan fingerprint density at radius 2 is 2.23 bits per heavy atom. The molecule has 0 spiro atoms. The highest BCUT2D eigenvalue weighted by Gasteiger charge is 2.30. The van der Waals surface area contributed by atoms with Crippen molar-refractivity contribution >= 4 is 17.2 Å². The van der Waals surface area contributed by atoms with Crippen LogP contribution in [-0.4, -0.2) is 21.9 Å². The van der Waals surface area contributed by atoms with Crippen molar-refractivity contribution in [2.45, 2.75) is 39.3 Å². The molecular weight excluding hydrogens is 296 g/mol. The van der Waals surface area contributed by atoms with Crippen LogP contribution in [0.15, 0.2) is 34.6 Å². The summed E-state index contributed by atoms with van der Waals surface area (Å²) in [5.74, 6) is 0.0228. The van der Waals surface area contributed by atoms with E-state index in [9.17, 15) is 9.59 Å². The number of hydrogen-bond acceptors (Lipinski definition) is 3. The second kappa shape index (κ2) is 6.08. The SMILES string of the molecule is CC[C@@H]1c2ccsc2CCN1C(=O)Cn1ccc(C)cc1=O. The Bertz CT molecular complexity index is 747. The fraction of sp³-hybridized carbons (Fsp3) is 0.412. The van der Waals surface area contributed by atoms with Crippen molar-refractivity contribution in [1.29, 1.82) is 0 Å². The van der Waals surface area contributed by atoms with Crippen LogP contribution in [0.25, 0.3) is 0 Å². The normalized spacial score (nSPS) is 17.4. The average Bonchev–Trinajstić information content (AvgIpc) is 2.97. The Morgan fingerprint density at radius 1 is 1.41 bits per heavy atom. The van der Waals surface area contributed by atoms with Crippen LogP contribution >= 0.6 is 11.3 Å². The third kappa shape index (κ3) is 2.73. The van der Waals surface area contributed by atoms with Crippen LogP contribution in [-0.2, 0) is 17.8 Å². The molecule has 2 aromatic rings. The van der Waals surface area contributed by atoms with Gasteiger partial charge in [0.15, 0.2) is 0 Å². The number of pyridine rings is 1. The number of carbonyl (C=O) groups is 1. The van der Waals surface area contributed by atoms with Gasteiger partial charge in [-0.05, 0) is 48.4 Å². The summed E-state index contributed by atoms with van der Waals surface area (Å²) in [5.41, 5.74) is 2.08. The summed E-state index contributed by atoms with van der Waals surface area (Å²) in [6.45, 7) is 4.85. The summed E-state index contributed by atoms with van der Waals surface area (Å²) in [4.78, 5) is 28.0. The van der Waals surface area contributed by atoms with E-state index >= 15 is 0 Å². The van der Waals surface area contributed by atoms with Gasteiger partial charge < -0.3 is 9.47 Å². The summed E-state index contributed by atoms with van der Waals surface area (Å²) >= 11 is 1.77. The van der Waals surface area contributed by atoms with Gasteiger partial charge in [0, 0.05) is 23.7 Å². The highest BCUT2D eigenvalue weighted by atomic mass is 32.1. The Kier molecular flexibility index (Phi) is 4.16. The molecule has 22 heavy (non-hydrogen) atoms. The zero-order chi connectivity index (χ0) is 15.7. The molecule has 0 aromatic carbocycles. The average molecular weight is 316 g/mol. The molecule has 0 unspecified atom stereocenters. The fourth-order valence-corrected chi connectivity index (χ4v) is 4.04. The third-order valence-corrected chi connectivity index (χ3v) is 5.26. The molecule has 1 aliphatic rings. The smallest absolute Gasteiger partial charge is 0.251 e. The Morgan fingerprint density at radius 3 is 2.95 bits per heavy atom. The fourth-order valence-electron chi connectivity index (χ4n) is 3.11. The monoisotopic (exact) mass is 316 g/mol. The minimum absolute atomic E-state index is 0.0228. The van der Waals surface area contributed by atoms with Crippen molar-refractivity contribution in [3.63, 3.8) is 0 Å². The van der Waals surface area contributed by atoms with Crippen LogP contribution in [0.1, 0.15) is 35.4 Å². The number of carbonyl (C=O) groups excluding carboxylic acids is 1. The summed E-state index contributed by atoms with van der Waals surface area (Å²) in [6.07, 6.45) is 3.52. The summed E-state index contributed by atoms with van der Waals surface area (Å²) < 4.78 is 1.49. The number of fused-ring (bicyclic) bond motifs is 1. The third-order valence-electron chi connectivity index (χ3n) is 4.26. The molecule has 2 aromatic heterocycles. The van der Waals surface area contributed by atoms with Crippen LogP contribution < -0.4 is 5.56 Å². The van der Waals surface area contributed by atoms with Crippen LogP contribution in [0, 0.1) is 6.92 Å². The minimum Gasteiger partial charge on any atom is -0.334 e. The molecule has 3 heterocycles. The van der Waals surface area contributed by atoms with E-state index < -0.39 is 0 Å². The predicted octanol–water partition coefficient (Wildman–Crippen LogP) is 2.75. The number of amides is 1. The maximum Gasteiger partial charge on any atom is 0.251 e. The van der Waals surface area contributed by atoms with Crippen molar-refractivity contribution in [2.24, 2.45) is 0 Å². The van der Waals surface area contributed by atoms with Gasteiger partial charge in [-0.3, -0.25) is 9.59 Å². The largest absolute Gasteiger partial charge is 0.334 e. The van der Waals surface area contributed by atoms with Gasteiger partial charge >= 0.3 is 0 Å². The van der Waals surface area contributed by atoms with E-state index in [1.165, 1.54) is 15.0 Å². The summed E-state index contributed by atoms with van der Waals surface area (Å²) in [5, 5.41) is 2.10. The van der Waals surface area contributed by atoms with Gasteiger partial charge in [-0.1, -0.05) is 6.92 Å². The summed E-state index contributed by atoms with van der Waals surface area (Å²) in [6, 6.07) is 5.70. The van der Waals surface area contributed by atoms with E-state index in [0.29, 0.717) is 0 Å². The molecule has 1 atom stereocenters. The lowest BCUT2D eigenvalue weighted by Crippen LogP contribution is -2.42. The van der Waals surface area contributed by atoms with Gasteiger partial charge in [0.25, 0.3) is 5.56 Å². The van der Waals surface area contributed by atoms with Gasteiger partial charge in [-0.25, -0.2) is 0 Å². The number of thiophene rings is 1. The molecule has 0 fully saturated rings. The molecule has 0 radical (unpaired) electrons. The maximum atomic E-state index is 12.7. The van der Waals surface area contributed by atoms with Crippen molar-refractivity contribution in [3.05, 3.63) is 56.1 Å². The van der Waals surface area contributed by atoms with Gasteiger partial charge in [0.1, 0.15) is 6.54 Å². The number of nitrogens with zero attached hydrogens (tertiary/aromatic N) is 2. The molecule has 5 heteroatoms. The number of hydrogen-bond donors (Lipinski definition) is 0. The first-order valence-corrected chi connectivity index (χ1v) is 8.51. The van der Waals surface area contributed by atoms with Crippen molar-refractivity contribution in [1.82, 2.24) is 9.47 Å². The Balaban J connectivity index is 1.82. The van der Waals surface area contributed by atoms with Crippen LogP contribution in [0.5, 0.6) is 0 Å². The van der Waals surface area contributed by atoms with Gasteiger partial charge in [-0.2, -0.15) is 0 Å². The van der Waals surface area contributed by atoms with Gasteiger partial charge in [0.05, 0.1) is 6.04 Å². The standard InChI is InChI=1S/C17H20N2O2S/c1-3-14-13-6-9-22-15(13)5-8-19(14)17(21)11-18-7-4-12(2)10-16(18)20/h4,6-7,9-10,14H,3,5,8,11H2,1-2H3/t14-/m1/s1. The van der Waals surface area contributed by atoms with Crippen molar-refractivity contribution in [3.8, 4) is 0 Å². The molecule has 1 aliphatic heterocycles. The second-order valence-corrected chi connectivity index (χ2v) is 6.73. The molecule has 0 N–H and O–H groups in total. The van der Waals surface area contributed by atoms with E-state index in [1.54, 1.807) is 23.6 Å². The molecular formula is C17H20N2O2S. The first-order valence-electron chi connectivity index (χ1n) is 7.63. The first-order chi connectivity index (χ1) is 10.6. The molecule has 116 valence electrons. The Labute approximate surface area is 134 Å². The van der Waals surface area contributed by atoms with Crippen molar-refractivity contribution in [2.75, 3.05) is 6.54 Å². The lowest BCUT2D eigenvalue weighted by molar-refractivity contribution is -0.134. The molecule has 0 saturated heterocycles. The lowest BCUT2D eigenvalue weighted by Gasteiger charge is -2.35. The zero-order valence-corrected chi connectivity index (χ0v) is 13.7. The number of aryl methyl sites for hydroxylation is 1. The molecule has 0 saturated carbocycles. The quantitative estimate of drug-likeness (QED) is 0.874. The highest BCUT2D eigenvalue weighted by Crippen LogP contribution is 2.35. The van der Waals surface area contributed by atoms with E-state index in [0.717, 1.165) is 24.9 Å². The first kappa shape index (κ1) is 15.0. The number of aromatic nitrogens is 1. The maximum absolute atomic E-state index is 12.7. The van der Waals surface area contributed by atoms with E-state index in [2.05, 4.69) is 18.4 Å². The molecule has 1 amide bonds. The second-order valence-electron chi connectivity index (χ2n) is 5.73. The van der Waals surface area contributed by atoms with E-state index in [1.807, 2.05) is 17.9 Å². The minimum atomic E-state index is -0.116. The topological polar surface area (TPSA) is 42.3 Å². The summed E-state index contributed by atoms with van der Waals surface area (Å²) in [7, 11) is 0. The Hall–Kier alpha value is -1.88. The number of rotatable bonds is 3. The van der Waals surface area contributed by atoms with E-state index in [4.69, 9.17) is 0 Å². The predicted molar refractivity (Wildman–Crippen MR) is 88.2 cm³/mol. The van der Waals surface area contributed by atoms with Gasteiger partial charge in [0.2, 0.25) is 5.91 Å². The van der Waals surface area contributed by atoms with Gasteiger partial charge in [-0.15, -0.1) is 11.3 Å².